The molecule has 0 radical (unpaired) electrons. The molecule has 0 aliphatic rings. The van der Waals surface area contributed by atoms with Crippen molar-refractivity contribution < 1.29 is 0 Å². The van der Waals surface area contributed by atoms with E-state index >= 15 is 0 Å². The van der Waals surface area contributed by atoms with Crippen LogP contribution < -0.4 is 0 Å². The summed E-state index contributed by atoms with van der Waals surface area (Å²) in [7, 11) is 0. The normalized spacial score (nSPS) is 12.2. The topological polar surface area (TPSA) is 4.93 Å². The summed E-state index contributed by atoms with van der Waals surface area (Å²) in [6, 6.07) is 46.7. The average Bonchev–Trinajstić information content (AvgIpc) is 3.54. The Kier molecular flexibility index (Phi) is 3.99. The van der Waals surface area contributed by atoms with Gasteiger partial charge in [-0.15, -0.1) is 11.3 Å². The van der Waals surface area contributed by atoms with Gasteiger partial charge in [0.05, 0.1) is 16.7 Å². The van der Waals surface area contributed by atoms with Crippen molar-refractivity contribution in [2.75, 3.05) is 0 Å². The highest BCUT2D eigenvalue weighted by Crippen LogP contribution is 2.49. The molecule has 0 fully saturated rings. The molecule has 2 heterocycles. The molecule has 0 unspecified atom stereocenters. The molecule has 38 heavy (non-hydrogen) atoms. The monoisotopic (exact) mass is 499 g/mol. The van der Waals surface area contributed by atoms with Gasteiger partial charge < -0.3 is 4.57 Å². The van der Waals surface area contributed by atoms with Crippen LogP contribution in [0.5, 0.6) is 0 Å². The van der Waals surface area contributed by atoms with Gasteiger partial charge in [-0.1, -0.05) is 109 Å². The molecular formula is C36H21NS. The van der Waals surface area contributed by atoms with Crippen molar-refractivity contribution in [3.63, 3.8) is 0 Å². The summed E-state index contributed by atoms with van der Waals surface area (Å²) in [6.07, 6.45) is 0. The second kappa shape index (κ2) is 7.44. The molecule has 0 atom stereocenters. The van der Waals surface area contributed by atoms with Gasteiger partial charge in [-0.05, 0) is 39.7 Å². The number of benzene rings is 7. The number of hydrogen-bond acceptors (Lipinski definition) is 1. The molecule has 176 valence electrons. The second-order valence-electron chi connectivity index (χ2n) is 10.1. The Hall–Kier alpha value is -4.66. The van der Waals surface area contributed by atoms with E-state index in [4.69, 9.17) is 0 Å². The van der Waals surface area contributed by atoms with Crippen molar-refractivity contribution in [2.45, 2.75) is 0 Å². The first kappa shape index (κ1) is 20.4. The van der Waals surface area contributed by atoms with Crippen LogP contribution in [0.2, 0.25) is 0 Å². The number of fused-ring (bicyclic) bond motifs is 13. The molecule has 2 heteroatoms. The zero-order chi connectivity index (χ0) is 24.8. The molecule has 0 saturated heterocycles. The van der Waals surface area contributed by atoms with Crippen LogP contribution in [0, 0.1) is 0 Å². The molecule has 0 aliphatic heterocycles. The summed E-state index contributed by atoms with van der Waals surface area (Å²) >= 11 is 1.93. The Morgan fingerprint density at radius 3 is 1.89 bits per heavy atom. The highest BCUT2D eigenvalue weighted by Gasteiger charge is 2.23. The van der Waals surface area contributed by atoms with Crippen LogP contribution >= 0.6 is 11.3 Å². The fourth-order valence-electron chi connectivity index (χ4n) is 6.59. The van der Waals surface area contributed by atoms with E-state index < -0.39 is 0 Å². The predicted octanol–water partition coefficient (Wildman–Crippen LogP) is 10.6. The SMILES string of the molecule is c1ccc2c(-n3c4ccc5ccccc5c4c4c5sc6ccccc6c5c5ccccc5c43)cccc2c1. The summed E-state index contributed by atoms with van der Waals surface area (Å²) in [4.78, 5) is 0. The number of hydrogen-bond donors (Lipinski definition) is 0. The summed E-state index contributed by atoms with van der Waals surface area (Å²) in [5.41, 5.74) is 3.77. The molecule has 9 aromatic rings. The molecule has 7 aromatic carbocycles. The van der Waals surface area contributed by atoms with Crippen molar-refractivity contribution in [2.24, 2.45) is 0 Å². The van der Waals surface area contributed by atoms with Crippen LogP contribution in [0.1, 0.15) is 0 Å². The predicted molar refractivity (Wildman–Crippen MR) is 166 cm³/mol. The minimum Gasteiger partial charge on any atom is -0.308 e. The van der Waals surface area contributed by atoms with Gasteiger partial charge in [0.15, 0.2) is 0 Å². The highest BCUT2D eigenvalue weighted by atomic mass is 32.1. The minimum atomic E-state index is 1.23. The first-order chi connectivity index (χ1) is 18.9. The van der Waals surface area contributed by atoms with E-state index in [1.807, 2.05) is 11.3 Å². The van der Waals surface area contributed by atoms with E-state index in [1.165, 1.54) is 80.0 Å². The Balaban J connectivity index is 1.67. The van der Waals surface area contributed by atoms with Gasteiger partial charge in [0.1, 0.15) is 0 Å². The van der Waals surface area contributed by atoms with E-state index in [9.17, 15) is 0 Å². The first-order valence-corrected chi connectivity index (χ1v) is 13.9. The molecule has 0 saturated carbocycles. The van der Waals surface area contributed by atoms with Gasteiger partial charge in [-0.25, -0.2) is 0 Å². The molecule has 1 nitrogen and oxygen atoms in total. The van der Waals surface area contributed by atoms with Crippen LogP contribution in [0.15, 0.2) is 127 Å². The molecule has 0 aliphatic carbocycles. The van der Waals surface area contributed by atoms with Crippen LogP contribution in [0.3, 0.4) is 0 Å². The van der Waals surface area contributed by atoms with Crippen molar-refractivity contribution in [1.82, 2.24) is 4.57 Å². The molecule has 0 spiro atoms. The van der Waals surface area contributed by atoms with E-state index in [1.54, 1.807) is 0 Å². The lowest BCUT2D eigenvalue weighted by atomic mass is 9.98. The Labute approximate surface area is 222 Å². The Bertz CT molecular complexity index is 2400. The van der Waals surface area contributed by atoms with E-state index in [0.717, 1.165) is 0 Å². The minimum absolute atomic E-state index is 1.23. The smallest absolute Gasteiger partial charge is 0.0634 e. The number of nitrogens with zero attached hydrogens (tertiary/aromatic N) is 1. The van der Waals surface area contributed by atoms with Crippen molar-refractivity contribution in [3.05, 3.63) is 127 Å². The van der Waals surface area contributed by atoms with Crippen LogP contribution in [0.25, 0.3) is 80.0 Å². The molecule has 9 rings (SSSR count). The zero-order valence-corrected chi connectivity index (χ0v) is 21.3. The fraction of sp³-hybridized carbons (Fsp3) is 0. The van der Waals surface area contributed by atoms with Gasteiger partial charge in [-0.3, -0.25) is 0 Å². The molecule has 2 aromatic heterocycles. The lowest BCUT2D eigenvalue weighted by molar-refractivity contribution is 1.21. The van der Waals surface area contributed by atoms with Crippen molar-refractivity contribution in [3.8, 4) is 5.69 Å². The molecule has 0 N–H and O–H groups in total. The van der Waals surface area contributed by atoms with Crippen molar-refractivity contribution in [1.29, 1.82) is 0 Å². The molecular weight excluding hydrogens is 478 g/mol. The third-order valence-corrected chi connectivity index (χ3v) is 9.33. The lowest BCUT2D eigenvalue weighted by Gasteiger charge is -2.13. The first-order valence-electron chi connectivity index (χ1n) is 13.0. The summed E-state index contributed by atoms with van der Waals surface area (Å²) in [5.74, 6) is 0. The summed E-state index contributed by atoms with van der Waals surface area (Å²) in [6.45, 7) is 0. The van der Waals surface area contributed by atoms with Crippen molar-refractivity contribution >= 4 is 85.6 Å². The lowest BCUT2D eigenvalue weighted by Crippen LogP contribution is -1.96. The van der Waals surface area contributed by atoms with Gasteiger partial charge in [0, 0.05) is 41.7 Å². The number of aromatic nitrogens is 1. The largest absolute Gasteiger partial charge is 0.308 e. The highest BCUT2D eigenvalue weighted by molar-refractivity contribution is 7.27. The van der Waals surface area contributed by atoms with Gasteiger partial charge in [0.25, 0.3) is 0 Å². The number of thiophene rings is 1. The molecule has 0 bridgehead atoms. The van der Waals surface area contributed by atoms with Gasteiger partial charge >= 0.3 is 0 Å². The quantitative estimate of drug-likeness (QED) is 0.212. The van der Waals surface area contributed by atoms with E-state index in [2.05, 4.69) is 132 Å². The van der Waals surface area contributed by atoms with Crippen LogP contribution in [0.4, 0.5) is 0 Å². The number of rotatable bonds is 1. The van der Waals surface area contributed by atoms with E-state index in [0.29, 0.717) is 0 Å². The average molecular weight is 500 g/mol. The standard InChI is InChI=1S/C36H21NS/c1-3-13-24-22(10-1)12-9-18-29(24)37-30-21-20-23-11-2-4-14-25(23)33(30)34-35(37)27-16-6-5-15-26(27)32-28-17-7-8-19-31(28)38-36(32)34/h1-21H. The Morgan fingerprint density at radius 2 is 1.05 bits per heavy atom. The maximum absolute atomic E-state index is 2.53. The third kappa shape index (κ3) is 2.55. The second-order valence-corrected chi connectivity index (χ2v) is 11.1. The maximum atomic E-state index is 2.53. The van der Waals surface area contributed by atoms with Gasteiger partial charge in [-0.2, -0.15) is 0 Å². The van der Waals surface area contributed by atoms with Crippen LogP contribution in [-0.4, -0.2) is 4.57 Å². The Morgan fingerprint density at radius 1 is 0.421 bits per heavy atom. The summed E-state index contributed by atoms with van der Waals surface area (Å²) in [5, 5.41) is 13.1. The van der Waals surface area contributed by atoms with E-state index in [-0.39, 0.29) is 0 Å². The van der Waals surface area contributed by atoms with Gasteiger partial charge in [0.2, 0.25) is 0 Å². The fourth-order valence-corrected chi connectivity index (χ4v) is 7.86. The third-order valence-electron chi connectivity index (χ3n) is 8.14. The zero-order valence-electron chi connectivity index (χ0n) is 20.5. The molecule has 0 amide bonds. The van der Waals surface area contributed by atoms with Crippen LogP contribution in [-0.2, 0) is 0 Å². The maximum Gasteiger partial charge on any atom is 0.0634 e. The summed E-state index contributed by atoms with van der Waals surface area (Å²) < 4.78 is 5.25.